The SMILES string of the molecule is CCCOCCC1CCCC1(NC)C(N)=O. The van der Waals surface area contributed by atoms with Gasteiger partial charge in [0.2, 0.25) is 5.91 Å². The Hall–Kier alpha value is -0.610. The maximum Gasteiger partial charge on any atom is 0.238 e. The van der Waals surface area contributed by atoms with Crippen molar-refractivity contribution >= 4 is 5.91 Å². The molecule has 0 saturated heterocycles. The van der Waals surface area contributed by atoms with Gasteiger partial charge in [0, 0.05) is 13.2 Å². The maximum absolute atomic E-state index is 11.6. The van der Waals surface area contributed by atoms with Crippen LogP contribution < -0.4 is 11.1 Å². The van der Waals surface area contributed by atoms with Crippen LogP contribution in [0.1, 0.15) is 39.0 Å². The molecule has 1 fully saturated rings. The summed E-state index contributed by atoms with van der Waals surface area (Å²) in [5.74, 6) is 0.111. The number of carbonyl (C=O) groups excluding carboxylic acids is 1. The van der Waals surface area contributed by atoms with E-state index in [1.165, 1.54) is 0 Å². The normalized spacial score (nSPS) is 29.5. The highest BCUT2D eigenvalue weighted by molar-refractivity contribution is 5.85. The Morgan fingerprint density at radius 1 is 1.56 bits per heavy atom. The average molecular weight is 228 g/mol. The zero-order chi connectivity index (χ0) is 12.0. The molecule has 3 N–H and O–H groups in total. The molecule has 4 heteroatoms. The van der Waals surface area contributed by atoms with Gasteiger partial charge in [-0.15, -0.1) is 0 Å². The van der Waals surface area contributed by atoms with Crippen LogP contribution in [0.4, 0.5) is 0 Å². The zero-order valence-electron chi connectivity index (χ0n) is 10.4. The second-order valence-electron chi connectivity index (χ2n) is 4.58. The van der Waals surface area contributed by atoms with Crippen LogP contribution in [0.25, 0.3) is 0 Å². The smallest absolute Gasteiger partial charge is 0.238 e. The molecule has 0 radical (unpaired) electrons. The Bertz CT molecular complexity index is 233. The molecule has 0 aliphatic heterocycles. The quantitative estimate of drug-likeness (QED) is 0.640. The number of primary amides is 1. The molecule has 0 aromatic carbocycles. The van der Waals surface area contributed by atoms with E-state index in [9.17, 15) is 4.79 Å². The van der Waals surface area contributed by atoms with Gasteiger partial charge >= 0.3 is 0 Å². The average Bonchev–Trinajstić information content (AvgIpc) is 2.68. The van der Waals surface area contributed by atoms with Crippen LogP contribution in [0.3, 0.4) is 0 Å². The number of carbonyl (C=O) groups is 1. The van der Waals surface area contributed by atoms with Crippen molar-refractivity contribution < 1.29 is 9.53 Å². The molecule has 0 spiro atoms. The Morgan fingerprint density at radius 2 is 2.31 bits per heavy atom. The van der Waals surface area contributed by atoms with Crippen LogP contribution in [-0.4, -0.2) is 31.7 Å². The number of hydrogen-bond donors (Lipinski definition) is 2. The summed E-state index contributed by atoms with van der Waals surface area (Å²) < 4.78 is 5.48. The van der Waals surface area contributed by atoms with Crippen LogP contribution in [0.5, 0.6) is 0 Å². The Balaban J connectivity index is 2.47. The van der Waals surface area contributed by atoms with E-state index in [1.54, 1.807) is 0 Å². The van der Waals surface area contributed by atoms with Crippen molar-refractivity contribution in [2.24, 2.45) is 11.7 Å². The topological polar surface area (TPSA) is 64.3 Å². The number of likely N-dealkylation sites (N-methyl/N-ethyl adjacent to an activating group) is 1. The highest BCUT2D eigenvalue weighted by Gasteiger charge is 2.45. The lowest BCUT2D eigenvalue weighted by Gasteiger charge is -2.32. The molecule has 0 aromatic rings. The largest absolute Gasteiger partial charge is 0.381 e. The van der Waals surface area contributed by atoms with Gasteiger partial charge in [-0.2, -0.15) is 0 Å². The molecule has 2 atom stereocenters. The monoisotopic (exact) mass is 228 g/mol. The molecule has 94 valence electrons. The van der Waals surface area contributed by atoms with Crippen molar-refractivity contribution in [2.45, 2.75) is 44.6 Å². The number of hydrogen-bond acceptors (Lipinski definition) is 3. The van der Waals surface area contributed by atoms with Crippen LogP contribution in [0.15, 0.2) is 0 Å². The summed E-state index contributed by atoms with van der Waals surface area (Å²) in [6, 6.07) is 0. The lowest BCUT2D eigenvalue weighted by Crippen LogP contribution is -2.56. The van der Waals surface area contributed by atoms with E-state index in [2.05, 4.69) is 12.2 Å². The fraction of sp³-hybridized carbons (Fsp3) is 0.917. The summed E-state index contributed by atoms with van der Waals surface area (Å²) in [5, 5.41) is 3.14. The van der Waals surface area contributed by atoms with Crippen molar-refractivity contribution in [1.82, 2.24) is 5.32 Å². The summed E-state index contributed by atoms with van der Waals surface area (Å²) in [6.45, 7) is 3.63. The number of nitrogens with one attached hydrogen (secondary N) is 1. The summed E-state index contributed by atoms with van der Waals surface area (Å²) in [6.07, 6.45) is 4.96. The first-order valence-electron chi connectivity index (χ1n) is 6.24. The van der Waals surface area contributed by atoms with Crippen LogP contribution in [0.2, 0.25) is 0 Å². The fourth-order valence-corrected chi connectivity index (χ4v) is 2.72. The molecule has 4 nitrogen and oxygen atoms in total. The molecule has 0 heterocycles. The highest BCUT2D eigenvalue weighted by atomic mass is 16.5. The molecular weight excluding hydrogens is 204 g/mol. The van der Waals surface area contributed by atoms with E-state index in [1.807, 2.05) is 7.05 Å². The molecule has 1 saturated carbocycles. The third-order valence-corrected chi connectivity index (χ3v) is 3.67. The summed E-state index contributed by atoms with van der Waals surface area (Å²) in [7, 11) is 1.83. The van der Waals surface area contributed by atoms with E-state index in [-0.39, 0.29) is 5.91 Å². The molecule has 16 heavy (non-hydrogen) atoms. The van der Waals surface area contributed by atoms with Gasteiger partial charge in [0.05, 0.1) is 0 Å². The lowest BCUT2D eigenvalue weighted by atomic mass is 9.84. The van der Waals surface area contributed by atoms with Gasteiger partial charge in [-0.25, -0.2) is 0 Å². The molecule has 0 aromatic heterocycles. The van der Waals surface area contributed by atoms with Crippen molar-refractivity contribution in [3.05, 3.63) is 0 Å². The van der Waals surface area contributed by atoms with Crippen molar-refractivity contribution in [2.75, 3.05) is 20.3 Å². The van der Waals surface area contributed by atoms with Crippen LogP contribution in [-0.2, 0) is 9.53 Å². The molecule has 2 unspecified atom stereocenters. The van der Waals surface area contributed by atoms with Gasteiger partial charge < -0.3 is 15.8 Å². The Morgan fingerprint density at radius 3 is 2.88 bits per heavy atom. The van der Waals surface area contributed by atoms with Gasteiger partial charge in [-0.05, 0) is 38.6 Å². The zero-order valence-corrected chi connectivity index (χ0v) is 10.4. The Kier molecular flexibility index (Phi) is 5.22. The third kappa shape index (κ3) is 2.74. The Labute approximate surface area is 97.9 Å². The predicted octanol–water partition coefficient (Wildman–Crippen LogP) is 1.05. The van der Waals surface area contributed by atoms with Gasteiger partial charge in [-0.1, -0.05) is 13.3 Å². The number of ether oxygens (including phenoxy) is 1. The van der Waals surface area contributed by atoms with E-state index >= 15 is 0 Å². The molecule has 1 aliphatic carbocycles. The minimum absolute atomic E-state index is 0.215. The van der Waals surface area contributed by atoms with Crippen molar-refractivity contribution in [1.29, 1.82) is 0 Å². The molecule has 1 rings (SSSR count). The van der Waals surface area contributed by atoms with E-state index < -0.39 is 5.54 Å². The summed E-state index contributed by atoms with van der Waals surface area (Å²) >= 11 is 0. The first-order chi connectivity index (χ1) is 7.67. The number of rotatable bonds is 7. The molecular formula is C12H24N2O2. The first kappa shape index (κ1) is 13.5. The van der Waals surface area contributed by atoms with Gasteiger partial charge in [0.25, 0.3) is 0 Å². The van der Waals surface area contributed by atoms with Crippen molar-refractivity contribution in [3.8, 4) is 0 Å². The molecule has 1 aliphatic rings. The van der Waals surface area contributed by atoms with Crippen LogP contribution in [0, 0.1) is 5.92 Å². The lowest BCUT2D eigenvalue weighted by molar-refractivity contribution is -0.125. The van der Waals surface area contributed by atoms with E-state index in [4.69, 9.17) is 10.5 Å². The summed E-state index contributed by atoms with van der Waals surface area (Å²) in [4.78, 5) is 11.6. The van der Waals surface area contributed by atoms with Gasteiger partial charge in [-0.3, -0.25) is 4.79 Å². The first-order valence-corrected chi connectivity index (χ1v) is 6.24. The minimum Gasteiger partial charge on any atom is -0.381 e. The summed E-state index contributed by atoms with van der Waals surface area (Å²) in [5.41, 5.74) is 5.03. The standard InChI is InChI=1S/C12H24N2O2/c1-3-8-16-9-6-10-5-4-7-12(10,14-2)11(13)15/h10,14H,3-9H2,1-2H3,(H2,13,15). The fourth-order valence-electron chi connectivity index (χ4n) is 2.72. The number of nitrogens with two attached hydrogens (primary N) is 1. The van der Waals surface area contributed by atoms with Gasteiger partial charge in [0.15, 0.2) is 0 Å². The van der Waals surface area contributed by atoms with E-state index in [0.29, 0.717) is 5.92 Å². The molecule has 1 amide bonds. The second-order valence-corrected chi connectivity index (χ2v) is 4.58. The highest BCUT2D eigenvalue weighted by Crippen LogP contribution is 2.37. The second kappa shape index (κ2) is 6.21. The molecule has 0 bridgehead atoms. The maximum atomic E-state index is 11.6. The number of amides is 1. The minimum atomic E-state index is -0.491. The third-order valence-electron chi connectivity index (χ3n) is 3.67. The predicted molar refractivity (Wildman–Crippen MR) is 64.1 cm³/mol. The van der Waals surface area contributed by atoms with Crippen LogP contribution >= 0.6 is 0 Å². The van der Waals surface area contributed by atoms with Gasteiger partial charge in [0.1, 0.15) is 5.54 Å². The van der Waals surface area contributed by atoms with E-state index in [0.717, 1.165) is 45.3 Å². The van der Waals surface area contributed by atoms with Crippen molar-refractivity contribution in [3.63, 3.8) is 0 Å².